The summed E-state index contributed by atoms with van der Waals surface area (Å²) in [4.78, 5) is 23.7. The predicted octanol–water partition coefficient (Wildman–Crippen LogP) is 3.48. The Labute approximate surface area is 172 Å². The van der Waals surface area contributed by atoms with E-state index >= 15 is 0 Å². The van der Waals surface area contributed by atoms with Gasteiger partial charge in [-0.2, -0.15) is 0 Å². The van der Waals surface area contributed by atoms with Crippen molar-refractivity contribution in [1.29, 1.82) is 0 Å². The number of urea groups is 1. The van der Waals surface area contributed by atoms with Crippen molar-refractivity contribution in [1.82, 2.24) is 9.88 Å². The third-order valence-electron chi connectivity index (χ3n) is 5.42. The SMILES string of the molecule is CCN(C(=O)N1CCN(c2ccccc2OC)CC1)c1cc(C)c(C)nc1OC. The fourth-order valence-electron chi connectivity index (χ4n) is 3.62. The first-order chi connectivity index (χ1) is 14.0. The Morgan fingerprint density at radius 3 is 2.41 bits per heavy atom. The molecule has 7 nitrogen and oxygen atoms in total. The highest BCUT2D eigenvalue weighted by molar-refractivity contribution is 5.93. The summed E-state index contributed by atoms with van der Waals surface area (Å²) < 4.78 is 10.9. The van der Waals surface area contributed by atoms with Crippen LogP contribution < -0.4 is 19.3 Å². The Kier molecular flexibility index (Phi) is 6.46. The van der Waals surface area contributed by atoms with Gasteiger partial charge in [-0.15, -0.1) is 0 Å². The number of rotatable bonds is 5. The molecule has 3 rings (SSSR count). The molecule has 2 aromatic rings. The summed E-state index contributed by atoms with van der Waals surface area (Å²) in [6.07, 6.45) is 0. The van der Waals surface area contributed by atoms with E-state index in [2.05, 4.69) is 16.0 Å². The smallest absolute Gasteiger partial charge is 0.324 e. The lowest BCUT2D eigenvalue weighted by molar-refractivity contribution is 0.201. The minimum Gasteiger partial charge on any atom is -0.495 e. The molecular formula is C22H30N4O3. The number of anilines is 2. The van der Waals surface area contributed by atoms with Gasteiger partial charge < -0.3 is 19.3 Å². The van der Waals surface area contributed by atoms with Gasteiger partial charge in [-0.3, -0.25) is 4.90 Å². The molecular weight excluding hydrogens is 368 g/mol. The van der Waals surface area contributed by atoms with E-state index in [1.54, 1.807) is 19.1 Å². The molecule has 1 fully saturated rings. The van der Waals surface area contributed by atoms with Gasteiger partial charge in [-0.1, -0.05) is 12.1 Å². The van der Waals surface area contributed by atoms with Crippen molar-refractivity contribution in [3.05, 3.63) is 41.6 Å². The van der Waals surface area contributed by atoms with Crippen LogP contribution in [0.4, 0.5) is 16.2 Å². The van der Waals surface area contributed by atoms with Gasteiger partial charge in [-0.25, -0.2) is 9.78 Å². The van der Waals surface area contributed by atoms with Gasteiger partial charge in [0.1, 0.15) is 11.4 Å². The van der Waals surface area contributed by atoms with Crippen LogP contribution in [0, 0.1) is 13.8 Å². The fraction of sp³-hybridized carbons (Fsp3) is 0.455. The Balaban J connectivity index is 1.75. The van der Waals surface area contributed by atoms with E-state index in [1.807, 2.05) is 49.9 Å². The van der Waals surface area contributed by atoms with E-state index in [9.17, 15) is 4.79 Å². The van der Waals surface area contributed by atoms with Crippen LogP contribution in [0.2, 0.25) is 0 Å². The molecule has 0 spiro atoms. The molecule has 29 heavy (non-hydrogen) atoms. The lowest BCUT2D eigenvalue weighted by atomic mass is 10.2. The van der Waals surface area contributed by atoms with Gasteiger partial charge in [0, 0.05) is 38.4 Å². The molecule has 0 saturated carbocycles. The standard InChI is InChI=1S/C22H30N4O3/c1-6-26(19-15-16(2)17(3)23-21(19)29-5)22(27)25-13-11-24(12-14-25)18-9-7-8-10-20(18)28-4/h7-10,15H,6,11-14H2,1-5H3. The number of hydrogen-bond donors (Lipinski definition) is 0. The van der Waals surface area contributed by atoms with Crippen LogP contribution in [-0.2, 0) is 0 Å². The van der Waals surface area contributed by atoms with Crippen LogP contribution >= 0.6 is 0 Å². The van der Waals surface area contributed by atoms with E-state index in [1.165, 1.54) is 0 Å². The number of methoxy groups -OCH3 is 2. The first-order valence-corrected chi connectivity index (χ1v) is 9.96. The molecule has 7 heteroatoms. The zero-order valence-corrected chi connectivity index (χ0v) is 17.9. The van der Waals surface area contributed by atoms with Crippen LogP contribution in [0.5, 0.6) is 11.6 Å². The first-order valence-electron chi connectivity index (χ1n) is 9.96. The molecule has 1 aliphatic heterocycles. The highest BCUT2D eigenvalue weighted by Gasteiger charge is 2.28. The van der Waals surface area contributed by atoms with E-state index in [4.69, 9.17) is 9.47 Å². The minimum absolute atomic E-state index is 0.0180. The summed E-state index contributed by atoms with van der Waals surface area (Å²) in [6, 6.07) is 9.95. The van der Waals surface area contributed by atoms with Gasteiger partial charge in [0.15, 0.2) is 0 Å². The third kappa shape index (κ3) is 4.23. The number of pyridine rings is 1. The summed E-state index contributed by atoms with van der Waals surface area (Å²) in [6.45, 7) is 9.26. The summed E-state index contributed by atoms with van der Waals surface area (Å²) in [5.74, 6) is 1.34. The van der Waals surface area contributed by atoms with Gasteiger partial charge in [0.05, 0.1) is 19.9 Å². The number of para-hydroxylation sites is 2. The van der Waals surface area contributed by atoms with Crippen LogP contribution in [0.1, 0.15) is 18.2 Å². The normalized spacial score (nSPS) is 14.0. The second-order valence-corrected chi connectivity index (χ2v) is 7.09. The number of hydrogen-bond acceptors (Lipinski definition) is 5. The lowest BCUT2D eigenvalue weighted by Crippen LogP contribution is -2.53. The molecule has 1 aromatic carbocycles. The second kappa shape index (κ2) is 9.03. The van der Waals surface area contributed by atoms with Gasteiger partial charge in [0.2, 0.25) is 5.88 Å². The zero-order valence-electron chi connectivity index (χ0n) is 17.9. The van der Waals surface area contributed by atoms with E-state index in [0.717, 1.165) is 41.5 Å². The molecule has 0 radical (unpaired) electrons. The molecule has 1 aromatic heterocycles. The number of nitrogens with zero attached hydrogens (tertiary/aromatic N) is 4. The second-order valence-electron chi connectivity index (χ2n) is 7.09. The molecule has 0 atom stereocenters. The van der Waals surface area contributed by atoms with Crippen molar-refractivity contribution >= 4 is 17.4 Å². The quantitative estimate of drug-likeness (QED) is 0.772. The number of carbonyl (C=O) groups is 1. The molecule has 2 amide bonds. The average molecular weight is 399 g/mol. The van der Waals surface area contributed by atoms with Crippen LogP contribution in [0.3, 0.4) is 0 Å². The molecule has 0 aliphatic carbocycles. The number of aromatic nitrogens is 1. The minimum atomic E-state index is -0.0180. The molecule has 156 valence electrons. The summed E-state index contributed by atoms with van der Waals surface area (Å²) in [5.41, 5.74) is 3.72. The molecule has 0 bridgehead atoms. The number of benzene rings is 1. The zero-order chi connectivity index (χ0) is 21.0. The van der Waals surface area contributed by atoms with Crippen LogP contribution in [-0.4, -0.2) is 62.9 Å². The lowest BCUT2D eigenvalue weighted by Gasteiger charge is -2.38. The maximum atomic E-state index is 13.3. The Bertz CT molecular complexity index is 863. The molecule has 1 saturated heterocycles. The molecule has 2 heterocycles. The largest absolute Gasteiger partial charge is 0.495 e. The Hall–Kier alpha value is -2.96. The van der Waals surface area contributed by atoms with Gasteiger partial charge in [0.25, 0.3) is 0 Å². The first kappa shape index (κ1) is 20.8. The number of ether oxygens (including phenoxy) is 2. The number of carbonyl (C=O) groups excluding carboxylic acids is 1. The van der Waals surface area contributed by atoms with Crippen molar-refractivity contribution in [3.63, 3.8) is 0 Å². The molecule has 1 aliphatic rings. The summed E-state index contributed by atoms with van der Waals surface area (Å²) in [7, 11) is 3.27. The summed E-state index contributed by atoms with van der Waals surface area (Å²) >= 11 is 0. The van der Waals surface area contributed by atoms with Gasteiger partial charge >= 0.3 is 6.03 Å². The van der Waals surface area contributed by atoms with Crippen molar-refractivity contribution in [2.45, 2.75) is 20.8 Å². The number of piperazine rings is 1. The fourth-order valence-corrected chi connectivity index (χ4v) is 3.62. The Morgan fingerprint density at radius 1 is 1.10 bits per heavy atom. The number of aryl methyl sites for hydroxylation is 2. The average Bonchev–Trinajstić information content (AvgIpc) is 2.76. The Morgan fingerprint density at radius 2 is 1.79 bits per heavy atom. The van der Waals surface area contributed by atoms with Crippen molar-refractivity contribution < 1.29 is 14.3 Å². The summed E-state index contributed by atoms with van der Waals surface area (Å²) in [5, 5.41) is 0. The van der Waals surface area contributed by atoms with Crippen LogP contribution in [0.15, 0.2) is 30.3 Å². The van der Waals surface area contributed by atoms with Crippen LogP contribution in [0.25, 0.3) is 0 Å². The third-order valence-corrected chi connectivity index (χ3v) is 5.42. The molecule has 0 unspecified atom stereocenters. The maximum absolute atomic E-state index is 13.3. The van der Waals surface area contributed by atoms with Gasteiger partial charge in [-0.05, 0) is 44.5 Å². The predicted molar refractivity (Wildman–Crippen MR) is 115 cm³/mol. The highest BCUT2D eigenvalue weighted by Crippen LogP contribution is 2.31. The van der Waals surface area contributed by atoms with E-state index in [-0.39, 0.29) is 6.03 Å². The topological polar surface area (TPSA) is 58.1 Å². The monoisotopic (exact) mass is 398 g/mol. The van der Waals surface area contributed by atoms with Crippen molar-refractivity contribution in [2.75, 3.05) is 56.7 Å². The van der Waals surface area contributed by atoms with Crippen molar-refractivity contribution in [2.24, 2.45) is 0 Å². The van der Waals surface area contributed by atoms with Crippen molar-refractivity contribution in [3.8, 4) is 11.6 Å². The van der Waals surface area contributed by atoms with E-state index < -0.39 is 0 Å². The highest BCUT2D eigenvalue weighted by atomic mass is 16.5. The van der Waals surface area contributed by atoms with E-state index in [0.29, 0.717) is 25.5 Å². The molecule has 0 N–H and O–H groups in total. The number of amides is 2. The maximum Gasteiger partial charge on any atom is 0.324 e.